The maximum Gasteiger partial charge on any atom is 0.416 e. The fourth-order valence-corrected chi connectivity index (χ4v) is 2.57. The van der Waals surface area contributed by atoms with Crippen LogP contribution in [0.1, 0.15) is 16.8 Å². The van der Waals surface area contributed by atoms with Crippen LogP contribution in [-0.4, -0.2) is 11.0 Å². The van der Waals surface area contributed by atoms with E-state index in [1.807, 2.05) is 0 Å². The van der Waals surface area contributed by atoms with E-state index < -0.39 is 23.6 Å². The molecule has 0 aliphatic carbocycles. The third-order valence-electron chi connectivity index (χ3n) is 3.96. The largest absolute Gasteiger partial charge is 0.416 e. The minimum absolute atomic E-state index is 0.00304. The van der Waals surface area contributed by atoms with Crippen molar-refractivity contribution in [3.05, 3.63) is 71.3 Å². The fourth-order valence-electron chi connectivity index (χ4n) is 2.57. The Kier molecular flexibility index (Phi) is 4.98. The van der Waals surface area contributed by atoms with Gasteiger partial charge < -0.3 is 10.6 Å². The van der Waals surface area contributed by atoms with Crippen LogP contribution in [-0.2, 0) is 12.7 Å². The van der Waals surface area contributed by atoms with Gasteiger partial charge in [-0.2, -0.15) is 13.2 Å². The third kappa shape index (κ3) is 4.33. The minimum Gasteiger partial charge on any atom is -0.334 e. The molecule has 0 radical (unpaired) electrons. The monoisotopic (exact) mass is 377 g/mol. The summed E-state index contributed by atoms with van der Waals surface area (Å²) >= 11 is 0. The molecule has 0 saturated heterocycles. The first-order valence-corrected chi connectivity index (χ1v) is 8.00. The van der Waals surface area contributed by atoms with Crippen molar-refractivity contribution in [2.45, 2.75) is 19.6 Å². The molecule has 0 atom stereocenters. The number of pyridine rings is 1. The number of hydrogen-bond acceptors (Lipinski definition) is 2. The lowest BCUT2D eigenvalue weighted by Crippen LogP contribution is -2.28. The van der Waals surface area contributed by atoms with Gasteiger partial charge in [-0.15, -0.1) is 0 Å². The molecule has 3 aromatic rings. The predicted molar refractivity (Wildman–Crippen MR) is 93.7 cm³/mol. The van der Waals surface area contributed by atoms with Gasteiger partial charge in [0, 0.05) is 29.2 Å². The SMILES string of the molecule is Cc1cc2c(NC(=O)NCc3ccc(C(F)(F)F)cc3)c(F)ccc2cn1. The van der Waals surface area contributed by atoms with E-state index in [2.05, 4.69) is 15.6 Å². The maximum atomic E-state index is 14.2. The molecular formula is C19H15F4N3O. The average Bonchev–Trinajstić information content (AvgIpc) is 2.62. The van der Waals surface area contributed by atoms with Gasteiger partial charge >= 0.3 is 12.2 Å². The molecule has 0 aliphatic heterocycles. The Labute approximate surface area is 152 Å². The normalized spacial score (nSPS) is 11.4. The fraction of sp³-hybridized carbons (Fsp3) is 0.158. The van der Waals surface area contributed by atoms with E-state index in [0.717, 1.165) is 12.1 Å². The van der Waals surface area contributed by atoms with Crippen molar-refractivity contribution in [2.24, 2.45) is 0 Å². The molecule has 1 aromatic heterocycles. The zero-order valence-corrected chi connectivity index (χ0v) is 14.2. The number of carbonyl (C=O) groups is 1. The van der Waals surface area contributed by atoms with Gasteiger partial charge in [0.1, 0.15) is 5.82 Å². The number of nitrogens with one attached hydrogen (secondary N) is 2. The van der Waals surface area contributed by atoms with Crippen molar-refractivity contribution < 1.29 is 22.4 Å². The molecular weight excluding hydrogens is 362 g/mol. The number of halogens is 4. The van der Waals surface area contributed by atoms with Gasteiger partial charge in [0.25, 0.3) is 0 Å². The van der Waals surface area contributed by atoms with Crippen LogP contribution in [0.5, 0.6) is 0 Å². The van der Waals surface area contributed by atoms with Crippen molar-refractivity contribution in [1.29, 1.82) is 0 Å². The topological polar surface area (TPSA) is 54.0 Å². The molecule has 3 rings (SSSR count). The summed E-state index contributed by atoms with van der Waals surface area (Å²) in [7, 11) is 0. The van der Waals surface area contributed by atoms with Crippen LogP contribution in [0.25, 0.3) is 10.8 Å². The molecule has 27 heavy (non-hydrogen) atoms. The lowest BCUT2D eigenvalue weighted by atomic mass is 10.1. The Morgan fingerprint density at radius 3 is 2.48 bits per heavy atom. The summed E-state index contributed by atoms with van der Waals surface area (Å²) < 4.78 is 51.8. The highest BCUT2D eigenvalue weighted by Crippen LogP contribution is 2.29. The van der Waals surface area contributed by atoms with E-state index in [9.17, 15) is 22.4 Å². The summed E-state index contributed by atoms with van der Waals surface area (Å²) in [6.07, 6.45) is -2.84. The molecule has 2 amide bonds. The number of fused-ring (bicyclic) bond motifs is 1. The van der Waals surface area contributed by atoms with E-state index in [1.165, 1.54) is 18.2 Å². The van der Waals surface area contributed by atoms with Gasteiger partial charge in [0.15, 0.2) is 0 Å². The molecule has 2 aromatic carbocycles. The minimum atomic E-state index is -4.41. The van der Waals surface area contributed by atoms with Crippen molar-refractivity contribution in [2.75, 3.05) is 5.32 Å². The Morgan fingerprint density at radius 1 is 1.11 bits per heavy atom. The first kappa shape index (κ1) is 18.6. The van der Waals surface area contributed by atoms with Gasteiger partial charge in [0.2, 0.25) is 0 Å². The molecule has 0 unspecified atom stereocenters. The quantitative estimate of drug-likeness (QED) is 0.630. The van der Waals surface area contributed by atoms with Gasteiger partial charge in [-0.05, 0) is 42.8 Å². The molecule has 8 heteroatoms. The van der Waals surface area contributed by atoms with Gasteiger partial charge in [0.05, 0.1) is 11.3 Å². The van der Waals surface area contributed by atoms with E-state index in [1.54, 1.807) is 25.3 Å². The standard InChI is InChI=1S/C19H15F4N3O/c1-11-8-15-13(10-24-11)4-7-16(20)17(15)26-18(27)25-9-12-2-5-14(6-3-12)19(21,22)23/h2-8,10H,9H2,1H3,(H2,25,26,27). The summed E-state index contributed by atoms with van der Waals surface area (Å²) in [4.78, 5) is 16.2. The molecule has 0 aliphatic rings. The zero-order chi connectivity index (χ0) is 19.6. The molecule has 0 fully saturated rings. The molecule has 0 bridgehead atoms. The van der Waals surface area contributed by atoms with Crippen molar-refractivity contribution in [3.63, 3.8) is 0 Å². The molecule has 140 valence electrons. The Hall–Kier alpha value is -3.16. The predicted octanol–water partition coefficient (Wildman–Crippen LogP) is 5.02. The van der Waals surface area contributed by atoms with Crippen LogP contribution < -0.4 is 10.6 Å². The van der Waals surface area contributed by atoms with E-state index in [-0.39, 0.29) is 12.2 Å². The number of benzene rings is 2. The number of aromatic nitrogens is 1. The lowest BCUT2D eigenvalue weighted by molar-refractivity contribution is -0.137. The number of anilines is 1. The molecule has 0 saturated carbocycles. The zero-order valence-electron chi connectivity index (χ0n) is 14.2. The highest BCUT2D eigenvalue weighted by molar-refractivity contribution is 6.01. The molecule has 1 heterocycles. The second-order valence-electron chi connectivity index (χ2n) is 5.97. The van der Waals surface area contributed by atoms with Crippen LogP contribution in [0.2, 0.25) is 0 Å². The first-order valence-electron chi connectivity index (χ1n) is 8.00. The Morgan fingerprint density at radius 2 is 1.81 bits per heavy atom. The maximum absolute atomic E-state index is 14.2. The molecule has 4 nitrogen and oxygen atoms in total. The van der Waals surface area contributed by atoms with Crippen LogP contribution in [0.4, 0.5) is 28.0 Å². The lowest BCUT2D eigenvalue weighted by Gasteiger charge is -2.12. The number of amides is 2. The summed E-state index contributed by atoms with van der Waals surface area (Å²) in [6, 6.07) is 8.20. The number of hydrogen-bond donors (Lipinski definition) is 2. The van der Waals surface area contributed by atoms with Gasteiger partial charge in [-0.25, -0.2) is 9.18 Å². The molecule has 0 spiro atoms. The number of nitrogens with zero attached hydrogens (tertiary/aromatic N) is 1. The molecule has 2 N–H and O–H groups in total. The van der Waals surface area contributed by atoms with Crippen molar-refractivity contribution in [1.82, 2.24) is 10.3 Å². The number of aryl methyl sites for hydroxylation is 1. The average molecular weight is 377 g/mol. The first-order chi connectivity index (χ1) is 12.7. The smallest absolute Gasteiger partial charge is 0.334 e. The second kappa shape index (κ2) is 7.22. The van der Waals surface area contributed by atoms with E-state index >= 15 is 0 Å². The Balaban J connectivity index is 1.70. The highest BCUT2D eigenvalue weighted by atomic mass is 19.4. The third-order valence-corrected chi connectivity index (χ3v) is 3.96. The van der Waals surface area contributed by atoms with Crippen molar-refractivity contribution >= 4 is 22.5 Å². The second-order valence-corrected chi connectivity index (χ2v) is 5.97. The summed E-state index contributed by atoms with van der Waals surface area (Å²) in [5.74, 6) is -0.599. The van der Waals surface area contributed by atoms with E-state index in [4.69, 9.17) is 0 Å². The van der Waals surface area contributed by atoms with Crippen molar-refractivity contribution in [3.8, 4) is 0 Å². The number of urea groups is 1. The van der Waals surface area contributed by atoms with Gasteiger partial charge in [-0.3, -0.25) is 4.98 Å². The number of alkyl halides is 3. The Bertz CT molecular complexity index is 979. The van der Waals surface area contributed by atoms with E-state index in [0.29, 0.717) is 22.0 Å². The number of rotatable bonds is 3. The summed E-state index contributed by atoms with van der Waals surface area (Å²) in [6.45, 7) is 1.75. The highest BCUT2D eigenvalue weighted by Gasteiger charge is 2.29. The van der Waals surface area contributed by atoms with Crippen LogP contribution in [0, 0.1) is 12.7 Å². The number of carbonyl (C=O) groups excluding carboxylic acids is 1. The van der Waals surface area contributed by atoms with Crippen LogP contribution >= 0.6 is 0 Å². The van der Waals surface area contributed by atoms with Crippen LogP contribution in [0.3, 0.4) is 0 Å². The summed E-state index contributed by atoms with van der Waals surface area (Å²) in [5.41, 5.74) is 0.401. The van der Waals surface area contributed by atoms with Gasteiger partial charge in [-0.1, -0.05) is 12.1 Å². The summed E-state index contributed by atoms with van der Waals surface area (Å²) in [5, 5.41) is 6.13. The van der Waals surface area contributed by atoms with Crippen LogP contribution in [0.15, 0.2) is 48.7 Å².